The van der Waals surface area contributed by atoms with Crippen LogP contribution >= 0.6 is 22.9 Å². The molecule has 4 nitrogen and oxygen atoms in total. The van der Waals surface area contributed by atoms with Crippen LogP contribution in [0.4, 0.5) is 5.13 Å². The number of phenolic OH excluding ortho intramolecular Hbond substituents is 1. The van der Waals surface area contributed by atoms with Gasteiger partial charge in [0, 0.05) is 16.0 Å². The van der Waals surface area contributed by atoms with Crippen molar-refractivity contribution in [2.75, 3.05) is 5.43 Å². The molecule has 23 heavy (non-hydrogen) atoms. The highest BCUT2D eigenvalue weighted by molar-refractivity contribution is 7.14. The summed E-state index contributed by atoms with van der Waals surface area (Å²) < 4.78 is 0. The van der Waals surface area contributed by atoms with Gasteiger partial charge in [0.1, 0.15) is 5.75 Å². The number of aromatic nitrogens is 1. The number of phenols is 1. The van der Waals surface area contributed by atoms with Crippen molar-refractivity contribution in [3.8, 4) is 17.0 Å². The molecule has 0 fully saturated rings. The Hall–Kier alpha value is -2.37. The molecular weight excluding hydrogens is 330 g/mol. The molecule has 0 aliphatic rings. The first kappa shape index (κ1) is 15.5. The first-order valence-corrected chi connectivity index (χ1v) is 8.19. The van der Waals surface area contributed by atoms with Crippen LogP contribution in [0.15, 0.2) is 59.0 Å². The van der Waals surface area contributed by atoms with E-state index in [1.165, 1.54) is 11.3 Å². The van der Waals surface area contributed by atoms with Crippen LogP contribution in [0.5, 0.6) is 5.75 Å². The van der Waals surface area contributed by atoms with Gasteiger partial charge >= 0.3 is 0 Å². The van der Waals surface area contributed by atoms with Gasteiger partial charge in [-0.15, -0.1) is 11.3 Å². The number of thiazole rings is 1. The van der Waals surface area contributed by atoms with Crippen molar-refractivity contribution in [2.45, 2.75) is 6.92 Å². The molecule has 0 saturated heterocycles. The Morgan fingerprint density at radius 1 is 1.13 bits per heavy atom. The van der Waals surface area contributed by atoms with Gasteiger partial charge in [-0.05, 0) is 48.9 Å². The Morgan fingerprint density at radius 2 is 1.83 bits per heavy atom. The molecule has 3 aromatic rings. The highest BCUT2D eigenvalue weighted by Gasteiger charge is 2.04. The number of aromatic hydroxyl groups is 1. The van der Waals surface area contributed by atoms with Crippen LogP contribution in [-0.4, -0.2) is 15.8 Å². The summed E-state index contributed by atoms with van der Waals surface area (Å²) in [5, 5.41) is 17.0. The summed E-state index contributed by atoms with van der Waals surface area (Å²) in [7, 11) is 0. The van der Waals surface area contributed by atoms with Crippen molar-refractivity contribution >= 4 is 33.8 Å². The van der Waals surface area contributed by atoms with E-state index in [-0.39, 0.29) is 5.75 Å². The zero-order valence-corrected chi connectivity index (χ0v) is 13.9. The van der Waals surface area contributed by atoms with E-state index in [0.29, 0.717) is 10.2 Å². The molecule has 3 rings (SSSR count). The molecule has 0 aliphatic heterocycles. The molecule has 0 atom stereocenters. The standard InChI is InChI=1S/C17H14ClN3OS/c1-11(12-4-8-15(22)9-5-12)20-21-17-19-16(10-23-17)13-2-6-14(18)7-3-13/h2-10,22H,1H3,(H,19,21)/b20-11+. The summed E-state index contributed by atoms with van der Waals surface area (Å²) in [5.41, 5.74) is 6.61. The van der Waals surface area contributed by atoms with Crippen molar-refractivity contribution < 1.29 is 5.11 Å². The minimum Gasteiger partial charge on any atom is -0.508 e. The Bertz CT molecular complexity index is 826. The molecule has 0 saturated carbocycles. The number of benzene rings is 2. The lowest BCUT2D eigenvalue weighted by atomic mass is 10.1. The van der Waals surface area contributed by atoms with E-state index in [1.54, 1.807) is 12.1 Å². The number of rotatable bonds is 4. The Morgan fingerprint density at radius 3 is 2.52 bits per heavy atom. The second-order valence-electron chi connectivity index (χ2n) is 4.90. The van der Waals surface area contributed by atoms with Crippen LogP contribution in [-0.2, 0) is 0 Å². The third-order valence-electron chi connectivity index (χ3n) is 3.25. The van der Waals surface area contributed by atoms with Crippen molar-refractivity contribution in [2.24, 2.45) is 5.10 Å². The summed E-state index contributed by atoms with van der Waals surface area (Å²) in [6.07, 6.45) is 0. The summed E-state index contributed by atoms with van der Waals surface area (Å²) >= 11 is 7.38. The van der Waals surface area contributed by atoms with E-state index < -0.39 is 0 Å². The topological polar surface area (TPSA) is 57.5 Å². The first-order chi connectivity index (χ1) is 11.1. The summed E-state index contributed by atoms with van der Waals surface area (Å²) in [4.78, 5) is 4.51. The number of hydrazone groups is 1. The summed E-state index contributed by atoms with van der Waals surface area (Å²) in [6, 6.07) is 14.5. The molecule has 6 heteroatoms. The van der Waals surface area contributed by atoms with Gasteiger partial charge in [-0.25, -0.2) is 4.98 Å². The fourth-order valence-corrected chi connectivity index (χ4v) is 2.76. The molecule has 2 aromatic carbocycles. The fraction of sp³-hybridized carbons (Fsp3) is 0.0588. The number of hydrogen-bond donors (Lipinski definition) is 2. The second kappa shape index (κ2) is 6.81. The number of nitrogens with zero attached hydrogens (tertiary/aromatic N) is 2. The molecule has 0 spiro atoms. The van der Waals surface area contributed by atoms with E-state index in [4.69, 9.17) is 11.6 Å². The third kappa shape index (κ3) is 3.88. The highest BCUT2D eigenvalue weighted by Crippen LogP contribution is 2.26. The van der Waals surface area contributed by atoms with Gasteiger partial charge in [-0.2, -0.15) is 5.10 Å². The van der Waals surface area contributed by atoms with Crippen molar-refractivity contribution in [3.63, 3.8) is 0 Å². The predicted molar refractivity (Wildman–Crippen MR) is 96.5 cm³/mol. The van der Waals surface area contributed by atoms with Gasteiger partial charge in [0.25, 0.3) is 0 Å². The van der Waals surface area contributed by atoms with Crippen LogP contribution < -0.4 is 5.43 Å². The monoisotopic (exact) mass is 343 g/mol. The van der Waals surface area contributed by atoms with E-state index in [9.17, 15) is 5.11 Å². The van der Waals surface area contributed by atoms with Crippen molar-refractivity contribution in [1.29, 1.82) is 0 Å². The quantitative estimate of drug-likeness (QED) is 0.517. The summed E-state index contributed by atoms with van der Waals surface area (Å²) in [6.45, 7) is 1.90. The smallest absolute Gasteiger partial charge is 0.203 e. The molecule has 0 aliphatic carbocycles. The molecule has 116 valence electrons. The number of anilines is 1. The molecule has 0 bridgehead atoms. The van der Waals surface area contributed by atoms with Crippen LogP contribution in [0.1, 0.15) is 12.5 Å². The normalized spacial score (nSPS) is 11.5. The van der Waals surface area contributed by atoms with E-state index >= 15 is 0 Å². The van der Waals surface area contributed by atoms with Crippen LogP contribution in [0.3, 0.4) is 0 Å². The largest absolute Gasteiger partial charge is 0.508 e. The molecule has 1 heterocycles. The van der Waals surface area contributed by atoms with Crippen molar-refractivity contribution in [3.05, 3.63) is 64.5 Å². The van der Waals surface area contributed by atoms with Gasteiger partial charge in [0.05, 0.1) is 11.4 Å². The van der Waals surface area contributed by atoms with E-state index in [0.717, 1.165) is 22.5 Å². The Kier molecular flexibility index (Phi) is 4.60. The highest BCUT2D eigenvalue weighted by atomic mass is 35.5. The molecule has 1 aromatic heterocycles. The zero-order chi connectivity index (χ0) is 16.2. The third-order valence-corrected chi connectivity index (χ3v) is 4.25. The van der Waals surface area contributed by atoms with Gasteiger partial charge < -0.3 is 5.11 Å². The SMILES string of the molecule is C/C(=N\Nc1nc(-c2ccc(Cl)cc2)cs1)c1ccc(O)cc1. The van der Waals surface area contributed by atoms with Crippen LogP contribution in [0.25, 0.3) is 11.3 Å². The first-order valence-electron chi connectivity index (χ1n) is 6.93. The van der Waals surface area contributed by atoms with E-state index in [2.05, 4.69) is 15.5 Å². The maximum atomic E-state index is 9.30. The fourth-order valence-electron chi connectivity index (χ4n) is 1.98. The van der Waals surface area contributed by atoms with Gasteiger partial charge in [0.15, 0.2) is 0 Å². The number of hydrogen-bond acceptors (Lipinski definition) is 5. The lowest BCUT2D eigenvalue weighted by Crippen LogP contribution is -1.99. The lowest BCUT2D eigenvalue weighted by molar-refractivity contribution is 0.475. The average molecular weight is 344 g/mol. The maximum Gasteiger partial charge on any atom is 0.203 e. The molecule has 0 amide bonds. The zero-order valence-electron chi connectivity index (χ0n) is 12.3. The Balaban J connectivity index is 1.72. The van der Waals surface area contributed by atoms with Gasteiger partial charge in [0.2, 0.25) is 5.13 Å². The Labute approximate surface area is 143 Å². The van der Waals surface area contributed by atoms with Gasteiger partial charge in [-0.1, -0.05) is 23.7 Å². The van der Waals surface area contributed by atoms with Crippen LogP contribution in [0, 0.1) is 0 Å². The molecule has 0 radical (unpaired) electrons. The maximum absolute atomic E-state index is 9.30. The lowest BCUT2D eigenvalue weighted by Gasteiger charge is -2.01. The molecule has 0 unspecified atom stereocenters. The predicted octanol–water partition coefficient (Wildman–Crippen LogP) is 5.01. The molecular formula is C17H14ClN3OS. The van der Waals surface area contributed by atoms with Crippen molar-refractivity contribution in [1.82, 2.24) is 4.98 Å². The number of halogens is 1. The minimum absolute atomic E-state index is 0.238. The summed E-state index contributed by atoms with van der Waals surface area (Å²) in [5.74, 6) is 0.238. The minimum atomic E-state index is 0.238. The second-order valence-corrected chi connectivity index (χ2v) is 6.20. The van der Waals surface area contributed by atoms with E-state index in [1.807, 2.05) is 48.7 Å². The average Bonchev–Trinajstić information content (AvgIpc) is 3.03. The van der Waals surface area contributed by atoms with Gasteiger partial charge in [-0.3, -0.25) is 5.43 Å². The number of nitrogens with one attached hydrogen (secondary N) is 1. The molecule has 2 N–H and O–H groups in total. The van der Waals surface area contributed by atoms with Crippen LogP contribution in [0.2, 0.25) is 5.02 Å².